The summed E-state index contributed by atoms with van der Waals surface area (Å²) in [5.74, 6) is -0.0273. The highest BCUT2D eigenvalue weighted by Gasteiger charge is 2.11. The summed E-state index contributed by atoms with van der Waals surface area (Å²) in [5, 5.41) is 31.7. The largest absolute Gasteiger partial charge is 0.508 e. The van der Waals surface area contributed by atoms with Crippen LogP contribution >= 0.6 is 11.6 Å². The molecule has 0 saturated carbocycles. The quantitative estimate of drug-likeness (QED) is 0.803. The number of benzene rings is 2. The van der Waals surface area contributed by atoms with Crippen LogP contribution in [-0.4, -0.2) is 10.2 Å². The van der Waals surface area contributed by atoms with E-state index in [1.165, 1.54) is 6.07 Å². The van der Waals surface area contributed by atoms with Gasteiger partial charge in [0.2, 0.25) is 0 Å². The fourth-order valence-corrected chi connectivity index (χ4v) is 2.09. The standard InChI is InChI=1S/C15H13ClN2O2/c1-9(11-4-13(19)7-14(20)5-11)18-15-6-12(16)3-2-10(15)8-17/h2-7,9,18-20H,1H3. The SMILES string of the molecule is CC(Nc1cc(Cl)ccc1C#N)c1cc(O)cc(O)c1. The second-order valence-corrected chi connectivity index (χ2v) is 4.89. The summed E-state index contributed by atoms with van der Waals surface area (Å²) >= 11 is 5.92. The molecule has 0 fully saturated rings. The number of hydrogen-bond acceptors (Lipinski definition) is 4. The number of phenols is 2. The van der Waals surface area contributed by atoms with Crippen molar-refractivity contribution >= 4 is 17.3 Å². The summed E-state index contributed by atoms with van der Waals surface area (Å²) < 4.78 is 0. The van der Waals surface area contributed by atoms with Gasteiger partial charge in [-0.2, -0.15) is 5.26 Å². The molecule has 0 aromatic heterocycles. The zero-order valence-corrected chi connectivity index (χ0v) is 11.5. The van der Waals surface area contributed by atoms with Crippen molar-refractivity contribution in [1.29, 1.82) is 5.26 Å². The van der Waals surface area contributed by atoms with Crippen molar-refractivity contribution in [3.8, 4) is 17.6 Å². The van der Waals surface area contributed by atoms with Crippen LogP contribution in [0.2, 0.25) is 5.02 Å². The number of nitriles is 1. The smallest absolute Gasteiger partial charge is 0.119 e. The van der Waals surface area contributed by atoms with Crippen molar-refractivity contribution < 1.29 is 10.2 Å². The first-order valence-corrected chi connectivity index (χ1v) is 6.36. The van der Waals surface area contributed by atoms with Gasteiger partial charge < -0.3 is 15.5 Å². The van der Waals surface area contributed by atoms with Gasteiger partial charge in [-0.15, -0.1) is 0 Å². The lowest BCUT2D eigenvalue weighted by atomic mass is 10.1. The zero-order valence-electron chi connectivity index (χ0n) is 10.8. The number of halogens is 1. The van der Waals surface area contributed by atoms with Crippen molar-refractivity contribution in [3.63, 3.8) is 0 Å². The maximum Gasteiger partial charge on any atom is 0.119 e. The Kier molecular flexibility index (Phi) is 4.02. The van der Waals surface area contributed by atoms with E-state index in [0.717, 1.165) is 0 Å². The Hall–Kier alpha value is -2.38. The number of anilines is 1. The molecule has 0 heterocycles. The number of rotatable bonds is 3. The molecule has 0 saturated heterocycles. The Labute approximate surface area is 121 Å². The van der Waals surface area contributed by atoms with Gasteiger partial charge in [0.25, 0.3) is 0 Å². The first kappa shape index (κ1) is 14.0. The van der Waals surface area contributed by atoms with E-state index in [2.05, 4.69) is 11.4 Å². The molecule has 2 aromatic carbocycles. The van der Waals surface area contributed by atoms with Crippen LogP contribution in [0.15, 0.2) is 36.4 Å². The van der Waals surface area contributed by atoms with Gasteiger partial charge in [-0.05, 0) is 42.8 Å². The molecular weight excluding hydrogens is 276 g/mol. The highest BCUT2D eigenvalue weighted by molar-refractivity contribution is 6.30. The fraction of sp³-hybridized carbons (Fsp3) is 0.133. The molecule has 102 valence electrons. The second-order valence-electron chi connectivity index (χ2n) is 4.45. The van der Waals surface area contributed by atoms with E-state index in [9.17, 15) is 10.2 Å². The minimum Gasteiger partial charge on any atom is -0.508 e. The van der Waals surface area contributed by atoms with Crippen molar-refractivity contribution in [2.45, 2.75) is 13.0 Å². The molecule has 0 bridgehead atoms. The molecule has 3 N–H and O–H groups in total. The Bertz CT molecular complexity index is 660. The molecule has 0 amide bonds. The van der Waals surface area contributed by atoms with E-state index in [-0.39, 0.29) is 17.5 Å². The molecule has 0 aliphatic heterocycles. The summed E-state index contributed by atoms with van der Waals surface area (Å²) in [5.41, 5.74) is 1.78. The van der Waals surface area contributed by atoms with Gasteiger partial charge in [-0.3, -0.25) is 0 Å². The van der Waals surface area contributed by atoms with Crippen LogP contribution in [0, 0.1) is 11.3 Å². The molecule has 0 radical (unpaired) electrons. The fourth-order valence-electron chi connectivity index (χ4n) is 1.92. The summed E-state index contributed by atoms with van der Waals surface area (Å²) in [7, 11) is 0. The van der Waals surface area contributed by atoms with Gasteiger partial charge in [0.1, 0.15) is 17.6 Å². The van der Waals surface area contributed by atoms with E-state index in [0.29, 0.717) is 21.8 Å². The molecule has 0 spiro atoms. The van der Waals surface area contributed by atoms with Crippen molar-refractivity contribution in [2.24, 2.45) is 0 Å². The molecule has 1 unspecified atom stereocenters. The molecule has 2 rings (SSSR count). The minimum absolute atomic E-state index is 0.0137. The van der Waals surface area contributed by atoms with Crippen LogP contribution in [0.5, 0.6) is 11.5 Å². The van der Waals surface area contributed by atoms with Crippen molar-refractivity contribution in [1.82, 2.24) is 0 Å². The molecule has 0 aliphatic carbocycles. The van der Waals surface area contributed by atoms with Crippen LogP contribution in [0.25, 0.3) is 0 Å². The lowest BCUT2D eigenvalue weighted by molar-refractivity contribution is 0.448. The third-order valence-corrected chi connectivity index (χ3v) is 3.13. The average Bonchev–Trinajstić information content (AvgIpc) is 2.37. The van der Waals surface area contributed by atoms with E-state index < -0.39 is 0 Å². The minimum atomic E-state index is -0.210. The van der Waals surface area contributed by atoms with Crippen LogP contribution in [0.3, 0.4) is 0 Å². The van der Waals surface area contributed by atoms with E-state index in [4.69, 9.17) is 16.9 Å². The van der Waals surface area contributed by atoms with Crippen LogP contribution in [-0.2, 0) is 0 Å². The number of nitrogens with one attached hydrogen (secondary N) is 1. The Morgan fingerprint density at radius 1 is 1.15 bits per heavy atom. The molecule has 0 aliphatic rings. The van der Waals surface area contributed by atoms with Gasteiger partial charge in [-0.25, -0.2) is 0 Å². The number of phenolic OH excluding ortho intramolecular Hbond substituents is 2. The number of hydrogen-bond donors (Lipinski definition) is 3. The summed E-state index contributed by atoms with van der Waals surface area (Å²) in [6.07, 6.45) is 0. The molecular formula is C15H13ClN2O2. The molecule has 4 nitrogen and oxygen atoms in total. The predicted molar refractivity (Wildman–Crippen MR) is 78.0 cm³/mol. The summed E-state index contributed by atoms with van der Waals surface area (Å²) in [4.78, 5) is 0. The molecule has 20 heavy (non-hydrogen) atoms. The van der Waals surface area contributed by atoms with Crippen molar-refractivity contribution in [2.75, 3.05) is 5.32 Å². The maximum absolute atomic E-state index is 9.49. The lowest BCUT2D eigenvalue weighted by Gasteiger charge is -2.17. The van der Waals surface area contributed by atoms with E-state index in [1.54, 1.807) is 30.3 Å². The Morgan fingerprint density at radius 3 is 2.40 bits per heavy atom. The molecule has 1 atom stereocenters. The molecule has 5 heteroatoms. The maximum atomic E-state index is 9.49. The van der Waals surface area contributed by atoms with Gasteiger partial charge in [0.05, 0.1) is 11.3 Å². The normalized spacial score (nSPS) is 11.7. The predicted octanol–water partition coefficient (Wildman–Crippen LogP) is 3.80. The monoisotopic (exact) mass is 288 g/mol. The second kappa shape index (κ2) is 5.72. The van der Waals surface area contributed by atoms with Crippen LogP contribution in [0.4, 0.5) is 5.69 Å². The van der Waals surface area contributed by atoms with Gasteiger partial charge in [0, 0.05) is 17.1 Å². The summed E-state index contributed by atoms with van der Waals surface area (Å²) in [6.45, 7) is 1.86. The zero-order chi connectivity index (χ0) is 14.7. The van der Waals surface area contributed by atoms with E-state index >= 15 is 0 Å². The first-order valence-electron chi connectivity index (χ1n) is 5.98. The highest BCUT2D eigenvalue weighted by atomic mass is 35.5. The van der Waals surface area contributed by atoms with Gasteiger partial charge in [0.15, 0.2) is 0 Å². The number of aromatic hydroxyl groups is 2. The van der Waals surface area contributed by atoms with Crippen LogP contribution in [0.1, 0.15) is 24.1 Å². The Balaban J connectivity index is 2.30. The lowest BCUT2D eigenvalue weighted by Crippen LogP contribution is -2.07. The average molecular weight is 289 g/mol. The summed E-state index contributed by atoms with van der Waals surface area (Å²) in [6, 6.07) is 11.2. The van der Waals surface area contributed by atoms with Gasteiger partial charge in [-0.1, -0.05) is 11.6 Å². The molecule has 2 aromatic rings. The first-order chi connectivity index (χ1) is 9.49. The third kappa shape index (κ3) is 3.14. The Morgan fingerprint density at radius 2 is 1.80 bits per heavy atom. The van der Waals surface area contributed by atoms with Crippen LogP contribution < -0.4 is 5.32 Å². The topological polar surface area (TPSA) is 76.3 Å². The number of nitrogens with zero attached hydrogens (tertiary/aromatic N) is 1. The van der Waals surface area contributed by atoms with Gasteiger partial charge >= 0.3 is 0 Å². The van der Waals surface area contributed by atoms with Crippen molar-refractivity contribution in [3.05, 3.63) is 52.5 Å². The third-order valence-electron chi connectivity index (χ3n) is 2.90. The van der Waals surface area contributed by atoms with E-state index in [1.807, 2.05) is 6.92 Å². The highest BCUT2D eigenvalue weighted by Crippen LogP contribution is 2.29.